The van der Waals surface area contributed by atoms with Crippen molar-refractivity contribution in [1.29, 1.82) is 0 Å². The maximum atomic E-state index is 12.4. The number of hydrogen-bond acceptors (Lipinski definition) is 4. The minimum absolute atomic E-state index is 0.230. The normalized spacial score (nSPS) is 13.3. The number of nitrogens with zero attached hydrogens (tertiary/aromatic N) is 1. The first-order valence-corrected chi connectivity index (χ1v) is 8.87. The number of nitrogens with one attached hydrogen (secondary N) is 1. The SMILES string of the molecule is CC[C@@H](NS(=O)(=O)c1cc2ccccc2s1)C(=O)N(C)C. The molecule has 1 heterocycles. The number of carbonyl (C=O) groups is 1. The van der Waals surface area contributed by atoms with E-state index < -0.39 is 16.1 Å². The van der Waals surface area contributed by atoms with Gasteiger partial charge in [-0.1, -0.05) is 25.1 Å². The first-order chi connectivity index (χ1) is 9.85. The van der Waals surface area contributed by atoms with Crippen LogP contribution in [0.3, 0.4) is 0 Å². The number of hydrogen-bond donors (Lipinski definition) is 1. The number of likely N-dealkylation sites (N-methyl/N-ethyl adjacent to an activating group) is 1. The predicted octanol–water partition coefficient (Wildman–Crippen LogP) is 2.05. The smallest absolute Gasteiger partial charge is 0.250 e. The van der Waals surface area contributed by atoms with Gasteiger partial charge in [0.05, 0.1) is 0 Å². The molecule has 5 nitrogen and oxygen atoms in total. The van der Waals surface area contributed by atoms with Crippen LogP contribution in [-0.4, -0.2) is 39.4 Å². The minimum Gasteiger partial charge on any atom is -0.347 e. The van der Waals surface area contributed by atoms with Gasteiger partial charge in [0.1, 0.15) is 10.3 Å². The molecule has 2 rings (SSSR count). The molecule has 1 N–H and O–H groups in total. The van der Waals surface area contributed by atoms with Crippen LogP contribution in [-0.2, 0) is 14.8 Å². The minimum atomic E-state index is -3.69. The van der Waals surface area contributed by atoms with E-state index in [0.717, 1.165) is 10.1 Å². The standard InChI is InChI=1S/C14H18N2O3S2/c1-4-11(14(17)16(2)3)15-21(18,19)13-9-10-7-5-6-8-12(10)20-13/h5-9,11,15H,4H2,1-3H3/t11-/m1/s1. The van der Waals surface area contributed by atoms with E-state index in [1.54, 1.807) is 27.1 Å². The van der Waals surface area contributed by atoms with Crippen molar-refractivity contribution >= 4 is 37.4 Å². The number of carbonyl (C=O) groups excluding carboxylic acids is 1. The van der Waals surface area contributed by atoms with Crippen molar-refractivity contribution in [3.05, 3.63) is 30.3 Å². The Hall–Kier alpha value is -1.44. The van der Waals surface area contributed by atoms with E-state index in [4.69, 9.17) is 0 Å². The fraction of sp³-hybridized carbons (Fsp3) is 0.357. The molecular formula is C14H18N2O3S2. The second kappa shape index (κ2) is 6.13. The molecule has 0 aliphatic rings. The molecule has 2 aromatic rings. The first kappa shape index (κ1) is 15.9. The van der Waals surface area contributed by atoms with Crippen LogP contribution in [0, 0.1) is 0 Å². The van der Waals surface area contributed by atoms with Crippen molar-refractivity contribution in [3.8, 4) is 0 Å². The van der Waals surface area contributed by atoms with Crippen LogP contribution in [0.2, 0.25) is 0 Å². The second-order valence-electron chi connectivity index (χ2n) is 4.92. The average molecular weight is 326 g/mol. The van der Waals surface area contributed by atoms with Crippen molar-refractivity contribution in [1.82, 2.24) is 9.62 Å². The number of rotatable bonds is 5. The van der Waals surface area contributed by atoms with Gasteiger partial charge < -0.3 is 4.90 Å². The highest BCUT2D eigenvalue weighted by Gasteiger charge is 2.26. The van der Waals surface area contributed by atoms with Gasteiger partial charge in [-0.15, -0.1) is 11.3 Å². The summed E-state index contributed by atoms with van der Waals surface area (Å²) in [5.74, 6) is -0.248. The Morgan fingerprint density at radius 2 is 2.00 bits per heavy atom. The van der Waals surface area contributed by atoms with E-state index in [1.165, 1.54) is 16.2 Å². The lowest BCUT2D eigenvalue weighted by Gasteiger charge is -2.19. The third-order valence-electron chi connectivity index (χ3n) is 3.11. The van der Waals surface area contributed by atoms with Gasteiger partial charge >= 0.3 is 0 Å². The number of amides is 1. The molecule has 0 unspecified atom stereocenters. The summed E-state index contributed by atoms with van der Waals surface area (Å²) in [5, 5.41) is 0.884. The Morgan fingerprint density at radius 1 is 1.33 bits per heavy atom. The molecule has 1 aromatic carbocycles. The van der Waals surface area contributed by atoms with Gasteiger partial charge in [0.25, 0.3) is 10.0 Å². The van der Waals surface area contributed by atoms with Gasteiger partial charge in [-0.3, -0.25) is 4.79 Å². The molecular weight excluding hydrogens is 308 g/mol. The van der Waals surface area contributed by atoms with Crippen molar-refractivity contribution in [2.75, 3.05) is 14.1 Å². The molecule has 0 aliphatic heterocycles. The molecule has 1 aromatic heterocycles. The molecule has 21 heavy (non-hydrogen) atoms. The Balaban J connectivity index is 2.31. The quantitative estimate of drug-likeness (QED) is 0.914. The van der Waals surface area contributed by atoms with Crippen molar-refractivity contribution in [3.63, 3.8) is 0 Å². The summed E-state index contributed by atoms with van der Waals surface area (Å²) in [4.78, 5) is 13.3. The van der Waals surface area contributed by atoms with Gasteiger partial charge in [-0.2, -0.15) is 4.72 Å². The topological polar surface area (TPSA) is 66.5 Å². The maximum absolute atomic E-state index is 12.4. The van der Waals surface area contributed by atoms with Crippen LogP contribution in [0.4, 0.5) is 0 Å². The van der Waals surface area contributed by atoms with Crippen molar-refractivity contribution in [2.45, 2.75) is 23.6 Å². The highest BCUT2D eigenvalue weighted by Crippen LogP contribution is 2.28. The van der Waals surface area contributed by atoms with Gasteiger partial charge in [0.2, 0.25) is 5.91 Å². The summed E-state index contributed by atoms with van der Waals surface area (Å²) in [5.41, 5.74) is 0. The summed E-state index contributed by atoms with van der Waals surface area (Å²) >= 11 is 1.20. The summed E-state index contributed by atoms with van der Waals surface area (Å²) in [6.45, 7) is 1.78. The average Bonchev–Trinajstić information content (AvgIpc) is 2.88. The third-order valence-corrected chi connectivity index (χ3v) is 6.17. The molecule has 7 heteroatoms. The van der Waals surface area contributed by atoms with Gasteiger partial charge in [0, 0.05) is 18.8 Å². The molecule has 0 spiro atoms. The predicted molar refractivity (Wildman–Crippen MR) is 84.9 cm³/mol. The van der Waals surface area contributed by atoms with Crippen LogP contribution in [0.15, 0.2) is 34.5 Å². The number of fused-ring (bicyclic) bond motifs is 1. The second-order valence-corrected chi connectivity index (χ2v) is 7.94. The van der Waals surface area contributed by atoms with Crippen LogP contribution in [0.1, 0.15) is 13.3 Å². The fourth-order valence-electron chi connectivity index (χ4n) is 1.96. The monoisotopic (exact) mass is 326 g/mol. The maximum Gasteiger partial charge on any atom is 0.250 e. The summed E-state index contributed by atoms with van der Waals surface area (Å²) < 4.78 is 28.5. The Bertz CT molecular complexity index is 717. The Labute approximate surface area is 128 Å². The van der Waals surface area contributed by atoms with Gasteiger partial charge in [-0.25, -0.2) is 8.42 Å². The van der Waals surface area contributed by atoms with Crippen molar-refractivity contribution < 1.29 is 13.2 Å². The molecule has 0 radical (unpaired) electrons. The summed E-state index contributed by atoms with van der Waals surface area (Å²) in [7, 11) is -0.471. The van der Waals surface area contributed by atoms with E-state index in [1.807, 2.05) is 24.3 Å². The zero-order chi connectivity index (χ0) is 15.6. The Morgan fingerprint density at radius 3 is 2.57 bits per heavy atom. The molecule has 1 atom stereocenters. The zero-order valence-corrected chi connectivity index (χ0v) is 13.8. The highest BCUT2D eigenvalue weighted by molar-refractivity contribution is 7.91. The lowest BCUT2D eigenvalue weighted by atomic mass is 10.2. The van der Waals surface area contributed by atoms with E-state index in [0.29, 0.717) is 6.42 Å². The van der Waals surface area contributed by atoms with E-state index in [9.17, 15) is 13.2 Å². The summed E-state index contributed by atoms with van der Waals surface area (Å²) in [6, 6.07) is 8.37. The zero-order valence-electron chi connectivity index (χ0n) is 12.2. The van der Waals surface area contributed by atoms with Crippen LogP contribution < -0.4 is 4.72 Å². The molecule has 0 bridgehead atoms. The van der Waals surface area contributed by atoms with Crippen molar-refractivity contribution in [2.24, 2.45) is 0 Å². The van der Waals surface area contributed by atoms with E-state index in [2.05, 4.69) is 4.72 Å². The third kappa shape index (κ3) is 3.42. The highest BCUT2D eigenvalue weighted by atomic mass is 32.2. The molecule has 0 aliphatic carbocycles. The largest absolute Gasteiger partial charge is 0.347 e. The molecule has 0 saturated carbocycles. The fourth-order valence-corrected chi connectivity index (χ4v) is 4.64. The van der Waals surface area contributed by atoms with Crippen LogP contribution in [0.25, 0.3) is 10.1 Å². The van der Waals surface area contributed by atoms with Gasteiger partial charge in [0.15, 0.2) is 0 Å². The first-order valence-electron chi connectivity index (χ1n) is 6.57. The molecule has 114 valence electrons. The molecule has 0 fully saturated rings. The number of benzene rings is 1. The number of thiophene rings is 1. The summed E-state index contributed by atoms with van der Waals surface area (Å²) in [6.07, 6.45) is 0.404. The van der Waals surface area contributed by atoms with Crippen LogP contribution >= 0.6 is 11.3 Å². The molecule has 1 amide bonds. The van der Waals surface area contributed by atoms with E-state index >= 15 is 0 Å². The molecule has 0 saturated heterocycles. The lowest BCUT2D eigenvalue weighted by molar-refractivity contribution is -0.130. The van der Waals surface area contributed by atoms with E-state index in [-0.39, 0.29) is 10.1 Å². The Kier molecular flexibility index (Phi) is 4.65. The van der Waals surface area contributed by atoms with Crippen LogP contribution in [0.5, 0.6) is 0 Å². The lowest BCUT2D eigenvalue weighted by Crippen LogP contribution is -2.45. The number of sulfonamides is 1. The van der Waals surface area contributed by atoms with Gasteiger partial charge in [-0.05, 0) is 23.9 Å².